The second-order valence-corrected chi connectivity index (χ2v) is 1.70. The van der Waals surface area contributed by atoms with Crippen molar-refractivity contribution in [2.24, 2.45) is 0 Å². The van der Waals surface area contributed by atoms with Crippen molar-refractivity contribution in [3.8, 4) is 0 Å². The molecule has 55 valence electrons. The third kappa shape index (κ3) is 3.72. The molecule has 0 atom stereocenters. The number of rotatable bonds is 4. The number of carboxylic acid groups (broad SMARTS) is 1. The first-order valence-corrected chi connectivity index (χ1v) is 2.79. The van der Waals surface area contributed by atoms with Crippen LogP contribution in [0.5, 0.6) is 0 Å². The van der Waals surface area contributed by atoms with Crippen LogP contribution in [0, 0.1) is 6.54 Å². The van der Waals surface area contributed by atoms with Gasteiger partial charge in [0.05, 0.1) is 6.54 Å². The van der Waals surface area contributed by atoms with Crippen molar-refractivity contribution in [2.45, 2.75) is 6.92 Å². The van der Waals surface area contributed by atoms with Crippen LogP contribution in [0.4, 0.5) is 0 Å². The normalized spacial score (nSPS) is 10.7. The van der Waals surface area contributed by atoms with E-state index in [0.29, 0.717) is 0 Å². The van der Waals surface area contributed by atoms with Gasteiger partial charge in [0.2, 0.25) is 0 Å². The minimum absolute atomic E-state index is 0.262. The van der Waals surface area contributed by atoms with Gasteiger partial charge in [0.1, 0.15) is 0 Å². The lowest BCUT2D eigenvalue weighted by Crippen LogP contribution is -2.04. The van der Waals surface area contributed by atoms with Crippen LogP contribution in [0.2, 0.25) is 0 Å². The van der Waals surface area contributed by atoms with E-state index < -0.39 is 5.97 Å². The zero-order chi connectivity index (χ0) is 7.98. The summed E-state index contributed by atoms with van der Waals surface area (Å²) in [4.78, 5) is 10.1. The molecule has 0 aliphatic heterocycles. The van der Waals surface area contributed by atoms with E-state index >= 15 is 0 Å². The molecule has 0 saturated heterocycles. The molecule has 0 spiro atoms. The minimum Gasteiger partial charge on any atom is -0.478 e. The Balaban J connectivity index is 3.68. The lowest BCUT2D eigenvalue weighted by Gasteiger charge is -1.93. The van der Waals surface area contributed by atoms with Crippen LogP contribution >= 0.6 is 0 Å². The van der Waals surface area contributed by atoms with Gasteiger partial charge in [-0.3, -0.25) is 0 Å². The largest absolute Gasteiger partial charge is 0.478 e. The summed E-state index contributed by atoms with van der Waals surface area (Å²) in [5.74, 6) is -0.926. The summed E-state index contributed by atoms with van der Waals surface area (Å²) in [6.45, 7) is 6.46. The molecule has 0 bridgehead atoms. The first-order valence-electron chi connectivity index (χ1n) is 2.79. The van der Waals surface area contributed by atoms with Gasteiger partial charge >= 0.3 is 5.97 Å². The van der Waals surface area contributed by atoms with Gasteiger partial charge in [-0.15, -0.1) is 6.58 Å². The standard InChI is InChI=1S/C7H10NO2/c1-3-4-8-5-6(2)7(9)10/h3-5,8H,1H2,2H3,(H,9,10). The Labute approximate surface area is 60.1 Å². The fourth-order valence-corrected chi connectivity index (χ4v) is 0.303. The summed E-state index contributed by atoms with van der Waals surface area (Å²) in [6, 6.07) is 0. The molecule has 0 fully saturated rings. The van der Waals surface area contributed by atoms with Crippen LogP contribution < -0.4 is 5.32 Å². The third-order valence-electron chi connectivity index (χ3n) is 0.851. The van der Waals surface area contributed by atoms with Gasteiger partial charge in [0.25, 0.3) is 0 Å². The fourth-order valence-electron chi connectivity index (χ4n) is 0.303. The Hall–Kier alpha value is -1.25. The first kappa shape index (κ1) is 8.75. The average Bonchev–Trinajstić information content (AvgIpc) is 1.88. The van der Waals surface area contributed by atoms with E-state index in [1.165, 1.54) is 19.2 Å². The van der Waals surface area contributed by atoms with Gasteiger partial charge in [0.15, 0.2) is 0 Å². The molecule has 0 unspecified atom stereocenters. The Morgan fingerprint density at radius 2 is 2.30 bits per heavy atom. The van der Waals surface area contributed by atoms with Crippen LogP contribution in [0.15, 0.2) is 24.4 Å². The number of hydrogen-bond donors (Lipinski definition) is 2. The van der Waals surface area contributed by atoms with Crippen molar-refractivity contribution in [1.29, 1.82) is 0 Å². The molecule has 2 N–H and O–H groups in total. The van der Waals surface area contributed by atoms with E-state index in [0.717, 1.165) is 0 Å². The van der Waals surface area contributed by atoms with E-state index in [1.54, 1.807) is 6.54 Å². The van der Waals surface area contributed by atoms with E-state index in [1.807, 2.05) is 0 Å². The summed E-state index contributed by atoms with van der Waals surface area (Å²) in [5.41, 5.74) is 0.262. The third-order valence-corrected chi connectivity index (χ3v) is 0.851. The molecule has 3 heteroatoms. The molecule has 0 aromatic carbocycles. The summed E-state index contributed by atoms with van der Waals surface area (Å²) >= 11 is 0. The van der Waals surface area contributed by atoms with Crippen LogP contribution in [0.25, 0.3) is 0 Å². The van der Waals surface area contributed by atoms with Crippen molar-refractivity contribution >= 4 is 5.97 Å². The van der Waals surface area contributed by atoms with Crippen LogP contribution in [0.3, 0.4) is 0 Å². The molecule has 0 heterocycles. The Morgan fingerprint density at radius 3 is 2.70 bits per heavy atom. The number of aliphatic carboxylic acids is 1. The summed E-state index contributed by atoms with van der Waals surface area (Å²) in [5, 5.41) is 11.0. The predicted octanol–water partition coefficient (Wildman–Crippen LogP) is 0.912. The van der Waals surface area contributed by atoms with Crippen molar-refractivity contribution in [2.75, 3.05) is 0 Å². The Kier molecular flexibility index (Phi) is 4.04. The molecule has 0 saturated carbocycles. The quantitative estimate of drug-likeness (QED) is 0.450. The van der Waals surface area contributed by atoms with Gasteiger partial charge in [-0.1, -0.05) is 6.08 Å². The maximum absolute atomic E-state index is 10.1. The molecule has 0 aliphatic rings. The van der Waals surface area contributed by atoms with Gasteiger partial charge in [0, 0.05) is 11.8 Å². The second-order valence-electron chi connectivity index (χ2n) is 1.70. The summed E-state index contributed by atoms with van der Waals surface area (Å²) in [7, 11) is 0. The lowest BCUT2D eigenvalue weighted by molar-refractivity contribution is -0.132. The maximum atomic E-state index is 10.1. The van der Waals surface area contributed by atoms with E-state index in [4.69, 9.17) is 5.11 Å². The highest BCUT2D eigenvalue weighted by atomic mass is 16.4. The van der Waals surface area contributed by atoms with Crippen molar-refractivity contribution in [1.82, 2.24) is 5.32 Å². The van der Waals surface area contributed by atoms with Gasteiger partial charge in [-0.2, -0.15) is 0 Å². The van der Waals surface area contributed by atoms with Crippen LogP contribution in [0.1, 0.15) is 6.92 Å². The second kappa shape index (κ2) is 4.61. The zero-order valence-corrected chi connectivity index (χ0v) is 5.79. The first-order chi connectivity index (χ1) is 4.68. The monoisotopic (exact) mass is 140 g/mol. The molecule has 0 amide bonds. The molecular formula is C7H10NO2. The molecule has 0 rings (SSSR count). The number of nitrogens with one attached hydrogen (secondary N) is 1. The van der Waals surface area contributed by atoms with Crippen molar-refractivity contribution in [3.05, 3.63) is 31.0 Å². The minimum atomic E-state index is -0.926. The average molecular weight is 140 g/mol. The van der Waals surface area contributed by atoms with Gasteiger partial charge in [-0.25, -0.2) is 4.79 Å². The number of hydrogen-bond acceptors (Lipinski definition) is 2. The van der Waals surface area contributed by atoms with E-state index in [2.05, 4.69) is 11.9 Å². The van der Waals surface area contributed by atoms with Crippen molar-refractivity contribution in [3.63, 3.8) is 0 Å². The molecule has 3 nitrogen and oxygen atoms in total. The van der Waals surface area contributed by atoms with Crippen LogP contribution in [-0.4, -0.2) is 11.1 Å². The number of carbonyl (C=O) groups is 1. The SMILES string of the molecule is C=C[CH]NC=C(C)C(=O)O. The topological polar surface area (TPSA) is 49.3 Å². The zero-order valence-electron chi connectivity index (χ0n) is 5.79. The van der Waals surface area contributed by atoms with E-state index in [-0.39, 0.29) is 5.57 Å². The Morgan fingerprint density at radius 1 is 1.70 bits per heavy atom. The maximum Gasteiger partial charge on any atom is 0.332 e. The molecule has 0 aromatic rings. The predicted molar refractivity (Wildman–Crippen MR) is 39.0 cm³/mol. The Bertz CT molecular complexity index is 161. The summed E-state index contributed by atoms with van der Waals surface area (Å²) in [6.07, 6.45) is 2.93. The van der Waals surface area contributed by atoms with Gasteiger partial charge < -0.3 is 10.4 Å². The van der Waals surface area contributed by atoms with Gasteiger partial charge in [-0.05, 0) is 6.92 Å². The molecule has 0 aromatic heterocycles. The lowest BCUT2D eigenvalue weighted by atomic mass is 10.3. The van der Waals surface area contributed by atoms with Crippen LogP contribution in [-0.2, 0) is 4.79 Å². The smallest absolute Gasteiger partial charge is 0.332 e. The fraction of sp³-hybridized carbons (Fsp3) is 0.143. The molecular weight excluding hydrogens is 130 g/mol. The highest BCUT2D eigenvalue weighted by Crippen LogP contribution is 1.88. The van der Waals surface area contributed by atoms with E-state index in [9.17, 15) is 4.79 Å². The highest BCUT2D eigenvalue weighted by molar-refractivity contribution is 5.85. The molecule has 0 aliphatic carbocycles. The molecule has 1 radical (unpaired) electrons. The highest BCUT2D eigenvalue weighted by Gasteiger charge is 1.96. The number of carboxylic acids is 1. The summed E-state index contributed by atoms with van der Waals surface area (Å²) < 4.78 is 0. The van der Waals surface area contributed by atoms with Crippen molar-refractivity contribution < 1.29 is 9.90 Å². The molecule has 10 heavy (non-hydrogen) atoms.